The molecule has 1 fully saturated rings. The molecular weight excluding hydrogens is 405 g/mol. The molecule has 0 unspecified atom stereocenters. The van der Waals surface area contributed by atoms with E-state index < -0.39 is 5.76 Å². The number of hydrogen-bond donors (Lipinski definition) is 0. The molecule has 0 amide bonds. The van der Waals surface area contributed by atoms with Crippen molar-refractivity contribution in [1.82, 2.24) is 24.6 Å². The van der Waals surface area contributed by atoms with Crippen molar-refractivity contribution in [3.8, 4) is 11.5 Å². The highest BCUT2D eigenvalue weighted by molar-refractivity contribution is 7.09. The van der Waals surface area contributed by atoms with E-state index >= 15 is 0 Å². The Bertz CT molecular complexity index is 1040. The summed E-state index contributed by atoms with van der Waals surface area (Å²) in [6.45, 7) is 11.2. The molecular formula is C21H26FN5O2S. The van der Waals surface area contributed by atoms with Crippen LogP contribution in [0.15, 0.2) is 38.9 Å². The number of aromatic nitrogens is 3. The minimum Gasteiger partial charge on any atom is -0.388 e. The predicted octanol–water partition coefficient (Wildman–Crippen LogP) is 3.17. The molecule has 0 N–H and O–H groups in total. The topological polar surface area (TPSA) is 67.4 Å². The third kappa shape index (κ3) is 4.85. The average molecular weight is 432 g/mol. The molecule has 0 spiro atoms. The van der Waals surface area contributed by atoms with Gasteiger partial charge in [-0.25, -0.2) is 14.2 Å². The zero-order valence-corrected chi connectivity index (χ0v) is 18.3. The van der Waals surface area contributed by atoms with Crippen molar-refractivity contribution in [3.05, 3.63) is 56.7 Å². The fourth-order valence-corrected chi connectivity index (χ4v) is 4.23. The van der Waals surface area contributed by atoms with Crippen molar-refractivity contribution in [3.63, 3.8) is 0 Å². The minimum atomic E-state index is -0.506. The summed E-state index contributed by atoms with van der Waals surface area (Å²) < 4.78 is 19.7. The van der Waals surface area contributed by atoms with Crippen LogP contribution < -0.4 is 5.76 Å². The number of piperazine rings is 1. The lowest BCUT2D eigenvalue weighted by atomic mass is 9.98. The van der Waals surface area contributed by atoms with E-state index in [0.717, 1.165) is 38.4 Å². The standard InChI is InChI=1S/C21H26FN5O2S/c1-21(2,3)19-23-17(13-30-19)12-25-8-10-26(11-9-25)14-27-20(28)29-18(24-27)15-4-6-16(22)7-5-15/h4-7,13H,8-12,14H2,1-3H3. The lowest BCUT2D eigenvalue weighted by Crippen LogP contribution is -2.47. The second-order valence-electron chi connectivity index (χ2n) is 8.61. The molecule has 0 saturated carbocycles. The molecule has 2 aromatic heterocycles. The normalized spacial score (nSPS) is 16.3. The van der Waals surface area contributed by atoms with Gasteiger partial charge < -0.3 is 4.42 Å². The van der Waals surface area contributed by atoms with Gasteiger partial charge in [-0.05, 0) is 24.3 Å². The van der Waals surface area contributed by atoms with Gasteiger partial charge in [-0.2, -0.15) is 4.68 Å². The number of hydrogen-bond acceptors (Lipinski definition) is 7. The molecule has 1 aliphatic heterocycles. The molecule has 0 atom stereocenters. The van der Waals surface area contributed by atoms with E-state index in [1.54, 1.807) is 23.5 Å². The molecule has 1 saturated heterocycles. The number of thiazole rings is 1. The monoisotopic (exact) mass is 431 g/mol. The van der Waals surface area contributed by atoms with Gasteiger partial charge in [-0.1, -0.05) is 20.8 Å². The Morgan fingerprint density at radius 2 is 1.77 bits per heavy atom. The van der Waals surface area contributed by atoms with Gasteiger partial charge in [0.2, 0.25) is 5.89 Å². The third-order valence-electron chi connectivity index (χ3n) is 5.08. The van der Waals surface area contributed by atoms with Gasteiger partial charge >= 0.3 is 5.76 Å². The summed E-state index contributed by atoms with van der Waals surface area (Å²) in [5, 5.41) is 7.58. The van der Waals surface area contributed by atoms with Crippen LogP contribution in [0.4, 0.5) is 4.39 Å². The van der Waals surface area contributed by atoms with Gasteiger partial charge in [0.15, 0.2) is 0 Å². The fourth-order valence-electron chi connectivity index (χ4n) is 3.34. The maximum absolute atomic E-state index is 13.1. The van der Waals surface area contributed by atoms with Crippen LogP contribution in [0.3, 0.4) is 0 Å². The Labute approximate surface area is 178 Å². The van der Waals surface area contributed by atoms with Crippen molar-refractivity contribution >= 4 is 11.3 Å². The minimum absolute atomic E-state index is 0.0826. The Balaban J connectivity index is 1.32. The van der Waals surface area contributed by atoms with Gasteiger partial charge in [0.25, 0.3) is 0 Å². The number of nitrogens with zero attached hydrogens (tertiary/aromatic N) is 5. The van der Waals surface area contributed by atoms with Gasteiger partial charge in [-0.15, -0.1) is 16.4 Å². The lowest BCUT2D eigenvalue weighted by Gasteiger charge is -2.33. The summed E-state index contributed by atoms with van der Waals surface area (Å²) in [5.74, 6) is -0.642. The number of benzene rings is 1. The van der Waals surface area contributed by atoms with Crippen LogP contribution in [-0.2, 0) is 18.6 Å². The van der Waals surface area contributed by atoms with Crippen molar-refractivity contribution < 1.29 is 8.81 Å². The smallest absolute Gasteiger partial charge is 0.388 e. The Kier molecular flexibility index (Phi) is 5.86. The molecule has 3 aromatic rings. The molecule has 0 radical (unpaired) electrons. The molecule has 3 heterocycles. The Morgan fingerprint density at radius 3 is 2.40 bits per heavy atom. The molecule has 0 aliphatic carbocycles. The number of halogens is 1. The van der Waals surface area contributed by atoms with Gasteiger partial charge in [0, 0.05) is 49.1 Å². The summed E-state index contributed by atoms with van der Waals surface area (Å²) in [5.41, 5.74) is 1.78. The van der Waals surface area contributed by atoms with Crippen LogP contribution in [0.5, 0.6) is 0 Å². The summed E-state index contributed by atoms with van der Waals surface area (Å²) in [7, 11) is 0. The van der Waals surface area contributed by atoms with Gasteiger partial charge in [-0.3, -0.25) is 9.80 Å². The van der Waals surface area contributed by atoms with Crippen LogP contribution in [-0.4, -0.2) is 50.7 Å². The molecule has 160 valence electrons. The highest BCUT2D eigenvalue weighted by Gasteiger charge is 2.22. The summed E-state index contributed by atoms with van der Waals surface area (Å²) in [6, 6.07) is 5.74. The summed E-state index contributed by atoms with van der Waals surface area (Å²) in [6.07, 6.45) is 0. The second kappa shape index (κ2) is 8.41. The second-order valence-corrected chi connectivity index (χ2v) is 9.47. The highest BCUT2D eigenvalue weighted by Crippen LogP contribution is 2.26. The SMILES string of the molecule is CC(C)(C)c1nc(CN2CCN(Cn3nc(-c4ccc(F)cc4)oc3=O)CC2)cs1. The summed E-state index contributed by atoms with van der Waals surface area (Å²) >= 11 is 1.72. The zero-order chi connectivity index (χ0) is 21.3. The van der Waals surface area contributed by atoms with Crippen LogP contribution in [0.1, 0.15) is 31.5 Å². The first-order valence-electron chi connectivity index (χ1n) is 10.0. The Hall–Kier alpha value is -2.36. The largest absolute Gasteiger partial charge is 0.438 e. The highest BCUT2D eigenvalue weighted by atomic mass is 32.1. The van der Waals surface area contributed by atoms with Crippen LogP contribution in [0, 0.1) is 5.82 Å². The van der Waals surface area contributed by atoms with Crippen molar-refractivity contribution in [2.24, 2.45) is 0 Å². The average Bonchev–Trinajstić information content (AvgIpc) is 3.31. The molecule has 0 bridgehead atoms. The zero-order valence-electron chi connectivity index (χ0n) is 17.5. The predicted molar refractivity (Wildman–Crippen MR) is 114 cm³/mol. The van der Waals surface area contributed by atoms with Gasteiger partial charge in [0.05, 0.1) is 10.7 Å². The van der Waals surface area contributed by atoms with E-state index in [0.29, 0.717) is 12.2 Å². The summed E-state index contributed by atoms with van der Waals surface area (Å²) in [4.78, 5) is 21.5. The maximum Gasteiger partial charge on any atom is 0.438 e. The van der Waals surface area contributed by atoms with Gasteiger partial charge in [0.1, 0.15) is 12.5 Å². The molecule has 30 heavy (non-hydrogen) atoms. The van der Waals surface area contributed by atoms with Crippen molar-refractivity contribution in [2.45, 2.75) is 39.4 Å². The van der Waals surface area contributed by atoms with E-state index in [9.17, 15) is 9.18 Å². The number of rotatable bonds is 5. The maximum atomic E-state index is 13.1. The quantitative estimate of drug-likeness (QED) is 0.618. The Morgan fingerprint density at radius 1 is 1.10 bits per heavy atom. The lowest BCUT2D eigenvalue weighted by molar-refractivity contribution is 0.0957. The molecule has 1 aliphatic rings. The van der Waals surface area contributed by atoms with Crippen LogP contribution in [0.25, 0.3) is 11.5 Å². The molecule has 7 nitrogen and oxygen atoms in total. The molecule has 4 rings (SSSR count). The van der Waals surface area contributed by atoms with Crippen molar-refractivity contribution in [1.29, 1.82) is 0 Å². The van der Waals surface area contributed by atoms with Crippen LogP contribution in [0.2, 0.25) is 0 Å². The van der Waals surface area contributed by atoms with Crippen LogP contribution >= 0.6 is 11.3 Å². The van der Waals surface area contributed by atoms with E-state index in [-0.39, 0.29) is 17.1 Å². The third-order valence-corrected chi connectivity index (χ3v) is 6.39. The first-order chi connectivity index (χ1) is 14.3. The first-order valence-corrected chi connectivity index (χ1v) is 10.9. The molecule has 1 aromatic carbocycles. The first kappa shape index (κ1) is 20.9. The molecule has 9 heteroatoms. The van der Waals surface area contributed by atoms with E-state index in [1.165, 1.54) is 21.8 Å². The van der Waals surface area contributed by atoms with E-state index in [1.807, 2.05) is 0 Å². The fraction of sp³-hybridized carbons (Fsp3) is 0.476. The van der Waals surface area contributed by atoms with Crippen molar-refractivity contribution in [2.75, 3.05) is 26.2 Å². The van der Waals surface area contributed by atoms with E-state index in [4.69, 9.17) is 9.40 Å². The van der Waals surface area contributed by atoms with E-state index in [2.05, 4.69) is 41.0 Å².